The highest BCUT2D eigenvalue weighted by atomic mass is 19.4. The molecule has 0 aromatic rings. The molecule has 0 aromatic carbocycles. The molecule has 0 aliphatic rings. The SMILES string of the molecule is O=C(OC/C=C/C[N+](=O)[O-])C(F)(F)F. The molecule has 0 fully saturated rings. The van der Waals surface area contributed by atoms with Crippen molar-refractivity contribution < 1.29 is 27.6 Å². The Morgan fingerprint density at radius 3 is 2.43 bits per heavy atom. The van der Waals surface area contributed by atoms with Gasteiger partial charge in [0, 0.05) is 4.92 Å². The van der Waals surface area contributed by atoms with E-state index in [1.165, 1.54) is 0 Å². The van der Waals surface area contributed by atoms with Crippen LogP contribution in [0.4, 0.5) is 13.2 Å². The summed E-state index contributed by atoms with van der Waals surface area (Å²) in [4.78, 5) is 19.1. The van der Waals surface area contributed by atoms with Crippen molar-refractivity contribution in [2.45, 2.75) is 6.18 Å². The topological polar surface area (TPSA) is 69.4 Å². The fourth-order valence-electron chi connectivity index (χ4n) is 0.434. The third-order valence-electron chi connectivity index (χ3n) is 0.963. The normalized spacial score (nSPS) is 11.6. The molecule has 0 spiro atoms. The van der Waals surface area contributed by atoms with Crippen molar-refractivity contribution in [2.24, 2.45) is 0 Å². The van der Waals surface area contributed by atoms with Crippen molar-refractivity contribution in [1.82, 2.24) is 0 Å². The molecule has 0 aromatic heterocycles. The van der Waals surface area contributed by atoms with Gasteiger partial charge in [0.05, 0.1) is 0 Å². The van der Waals surface area contributed by atoms with Crippen LogP contribution >= 0.6 is 0 Å². The highest BCUT2D eigenvalue weighted by molar-refractivity contribution is 5.75. The largest absolute Gasteiger partial charge is 0.490 e. The maximum Gasteiger partial charge on any atom is 0.490 e. The molecule has 0 N–H and O–H groups in total. The van der Waals surface area contributed by atoms with Crippen LogP contribution in [0, 0.1) is 10.1 Å². The Hall–Kier alpha value is -1.60. The number of hydrogen-bond acceptors (Lipinski definition) is 4. The Balaban J connectivity index is 3.70. The third-order valence-corrected chi connectivity index (χ3v) is 0.963. The molecule has 0 aliphatic carbocycles. The number of halogens is 3. The van der Waals surface area contributed by atoms with Gasteiger partial charge < -0.3 is 4.74 Å². The molecule has 0 bridgehead atoms. The lowest BCUT2D eigenvalue weighted by molar-refractivity contribution is -0.468. The molecule has 0 amide bonds. The van der Waals surface area contributed by atoms with Gasteiger partial charge in [-0.1, -0.05) is 0 Å². The zero-order chi connectivity index (χ0) is 11.2. The van der Waals surface area contributed by atoms with E-state index in [4.69, 9.17) is 0 Å². The van der Waals surface area contributed by atoms with Crippen LogP contribution in [-0.4, -0.2) is 30.2 Å². The lowest BCUT2D eigenvalue weighted by Crippen LogP contribution is -2.25. The number of rotatable bonds is 4. The molecule has 5 nitrogen and oxygen atoms in total. The Labute approximate surface area is 76.3 Å². The maximum atomic E-state index is 11.5. The summed E-state index contributed by atoms with van der Waals surface area (Å²) in [5.74, 6) is -2.32. The van der Waals surface area contributed by atoms with Gasteiger partial charge in [-0.3, -0.25) is 10.1 Å². The molecule has 0 aliphatic heterocycles. The summed E-state index contributed by atoms with van der Waals surface area (Å²) in [6, 6.07) is 0. The Morgan fingerprint density at radius 1 is 1.43 bits per heavy atom. The van der Waals surface area contributed by atoms with Gasteiger partial charge in [0.15, 0.2) is 0 Å². The van der Waals surface area contributed by atoms with Crippen molar-refractivity contribution in [3.63, 3.8) is 0 Å². The van der Waals surface area contributed by atoms with Gasteiger partial charge in [-0.2, -0.15) is 13.2 Å². The second-order valence-corrected chi connectivity index (χ2v) is 2.08. The number of nitro groups is 1. The average Bonchev–Trinajstić information content (AvgIpc) is 2.01. The Kier molecular flexibility index (Phi) is 4.60. The molecule has 0 heterocycles. The molecule has 0 radical (unpaired) electrons. The van der Waals surface area contributed by atoms with Crippen LogP contribution in [0.3, 0.4) is 0 Å². The van der Waals surface area contributed by atoms with Crippen molar-refractivity contribution in [2.75, 3.05) is 13.2 Å². The second kappa shape index (κ2) is 5.20. The van der Waals surface area contributed by atoms with Crippen LogP contribution in [-0.2, 0) is 9.53 Å². The molecule has 0 rings (SSSR count). The molecule has 80 valence electrons. The minimum absolute atomic E-state index is 0.524. The van der Waals surface area contributed by atoms with Crippen LogP contribution in [0.1, 0.15) is 0 Å². The second-order valence-electron chi connectivity index (χ2n) is 2.08. The first kappa shape index (κ1) is 12.4. The molecular weight excluding hydrogens is 207 g/mol. The van der Waals surface area contributed by atoms with Crippen LogP contribution in [0.2, 0.25) is 0 Å². The van der Waals surface area contributed by atoms with Crippen LogP contribution in [0.25, 0.3) is 0 Å². The summed E-state index contributed by atoms with van der Waals surface area (Å²) < 4.78 is 38.2. The number of alkyl halides is 3. The summed E-state index contributed by atoms with van der Waals surface area (Å²) in [5, 5.41) is 9.72. The van der Waals surface area contributed by atoms with Gasteiger partial charge in [0.1, 0.15) is 6.61 Å². The van der Waals surface area contributed by atoms with Crippen LogP contribution in [0.5, 0.6) is 0 Å². The molecule has 0 saturated heterocycles. The molecule has 0 unspecified atom stereocenters. The summed E-state index contributed by atoms with van der Waals surface area (Å²) in [7, 11) is 0. The number of ether oxygens (including phenoxy) is 1. The quantitative estimate of drug-likeness (QED) is 0.301. The highest BCUT2D eigenvalue weighted by Crippen LogP contribution is 2.16. The summed E-state index contributed by atoms with van der Waals surface area (Å²) in [6.07, 6.45) is -3.08. The van der Waals surface area contributed by atoms with Crippen molar-refractivity contribution in [3.8, 4) is 0 Å². The van der Waals surface area contributed by atoms with Gasteiger partial charge in [0.25, 0.3) is 0 Å². The zero-order valence-corrected chi connectivity index (χ0v) is 6.78. The van der Waals surface area contributed by atoms with E-state index in [1.807, 2.05) is 0 Å². The summed E-state index contributed by atoms with van der Waals surface area (Å²) in [5.41, 5.74) is 0. The van der Waals surface area contributed by atoms with E-state index >= 15 is 0 Å². The first-order valence-corrected chi connectivity index (χ1v) is 3.35. The average molecular weight is 213 g/mol. The standard InChI is InChI=1S/C6H6F3NO4/c7-6(8,9)5(11)14-4-2-1-3-10(12)13/h1-2H,3-4H2/b2-1+. The third kappa shape index (κ3) is 5.98. The Bertz CT molecular complexity index is 248. The molecule has 8 heteroatoms. The number of nitrogens with zero attached hydrogens (tertiary/aromatic N) is 1. The maximum absolute atomic E-state index is 11.5. The van der Waals surface area contributed by atoms with E-state index in [9.17, 15) is 28.1 Å². The molecule has 0 saturated carbocycles. The van der Waals surface area contributed by atoms with Gasteiger partial charge in [-0.15, -0.1) is 0 Å². The zero-order valence-electron chi connectivity index (χ0n) is 6.78. The van der Waals surface area contributed by atoms with Gasteiger partial charge in [-0.05, 0) is 12.2 Å². The van der Waals surface area contributed by atoms with E-state index in [-0.39, 0.29) is 0 Å². The first-order chi connectivity index (χ1) is 6.34. The summed E-state index contributed by atoms with van der Waals surface area (Å²) in [6.45, 7) is -1.16. The smallest absolute Gasteiger partial charge is 0.455 e. The van der Waals surface area contributed by atoms with Crippen LogP contribution in [0.15, 0.2) is 12.2 Å². The first-order valence-electron chi connectivity index (χ1n) is 3.35. The van der Waals surface area contributed by atoms with Crippen molar-refractivity contribution >= 4 is 5.97 Å². The lowest BCUT2D eigenvalue weighted by atomic mass is 10.5. The van der Waals surface area contributed by atoms with Crippen LogP contribution < -0.4 is 0 Å². The van der Waals surface area contributed by atoms with E-state index in [0.29, 0.717) is 0 Å². The number of hydrogen-bond donors (Lipinski definition) is 0. The molecule has 14 heavy (non-hydrogen) atoms. The monoisotopic (exact) mass is 213 g/mol. The summed E-state index contributed by atoms with van der Waals surface area (Å²) >= 11 is 0. The lowest BCUT2D eigenvalue weighted by Gasteiger charge is -2.03. The van der Waals surface area contributed by atoms with E-state index in [0.717, 1.165) is 12.2 Å². The minimum atomic E-state index is -5.03. The van der Waals surface area contributed by atoms with E-state index in [1.54, 1.807) is 0 Å². The Morgan fingerprint density at radius 2 is 2.00 bits per heavy atom. The van der Waals surface area contributed by atoms with Gasteiger partial charge in [-0.25, -0.2) is 4.79 Å². The van der Waals surface area contributed by atoms with Gasteiger partial charge in [0.2, 0.25) is 6.54 Å². The number of carbonyl (C=O) groups excluding carboxylic acids is 1. The fraction of sp³-hybridized carbons (Fsp3) is 0.500. The predicted octanol–water partition coefficient (Wildman–Crippen LogP) is 0.925. The van der Waals surface area contributed by atoms with Crippen molar-refractivity contribution in [1.29, 1.82) is 0 Å². The number of carbonyl (C=O) groups is 1. The molecular formula is C6H6F3NO4. The van der Waals surface area contributed by atoms with Crippen molar-refractivity contribution in [3.05, 3.63) is 22.3 Å². The predicted molar refractivity (Wildman–Crippen MR) is 38.0 cm³/mol. The fourth-order valence-corrected chi connectivity index (χ4v) is 0.434. The van der Waals surface area contributed by atoms with Gasteiger partial charge >= 0.3 is 12.1 Å². The van der Waals surface area contributed by atoms with E-state index in [2.05, 4.69) is 4.74 Å². The minimum Gasteiger partial charge on any atom is -0.455 e. The highest BCUT2D eigenvalue weighted by Gasteiger charge is 2.40. The number of esters is 1. The van der Waals surface area contributed by atoms with E-state index < -0.39 is 30.2 Å². The molecule has 0 atom stereocenters.